The van der Waals surface area contributed by atoms with Gasteiger partial charge in [-0.25, -0.2) is 4.39 Å². The Hall–Kier alpha value is -1.07. The van der Waals surface area contributed by atoms with Crippen LogP contribution in [0.4, 0.5) is 17.6 Å². The minimum atomic E-state index is -4.44. The Morgan fingerprint density at radius 2 is 1.76 bits per heavy atom. The topological polar surface area (TPSA) is 0 Å². The molecule has 1 unspecified atom stereocenters. The fourth-order valence-corrected chi connectivity index (χ4v) is 2.84. The van der Waals surface area contributed by atoms with Crippen LogP contribution in [0.2, 0.25) is 0 Å². The van der Waals surface area contributed by atoms with Crippen molar-refractivity contribution in [2.24, 2.45) is 0 Å². The van der Waals surface area contributed by atoms with Gasteiger partial charge in [-0.2, -0.15) is 13.2 Å². The highest BCUT2D eigenvalue weighted by molar-refractivity contribution is 9.10. The van der Waals surface area contributed by atoms with Crippen LogP contribution in [0, 0.1) is 12.7 Å². The first-order valence-corrected chi connectivity index (χ1v) is 7.20. The molecule has 0 fully saturated rings. The maximum absolute atomic E-state index is 13.3. The first-order valence-electron chi connectivity index (χ1n) is 5.97. The lowest BCUT2D eigenvalue weighted by molar-refractivity contribution is -0.137. The molecule has 0 bridgehead atoms. The van der Waals surface area contributed by atoms with Crippen molar-refractivity contribution in [3.05, 3.63) is 68.9 Å². The Bertz CT molecular complexity index is 667. The zero-order valence-corrected chi connectivity index (χ0v) is 13.2. The summed E-state index contributed by atoms with van der Waals surface area (Å²) in [7, 11) is 0. The maximum atomic E-state index is 13.3. The average molecular weight is 382 g/mol. The van der Waals surface area contributed by atoms with Gasteiger partial charge in [-0.3, -0.25) is 0 Å². The van der Waals surface area contributed by atoms with Gasteiger partial charge in [0, 0.05) is 4.47 Å². The summed E-state index contributed by atoms with van der Waals surface area (Å²) in [6.07, 6.45) is -4.44. The number of halogens is 6. The summed E-state index contributed by atoms with van der Waals surface area (Å²) in [5.41, 5.74) is 0.444. The summed E-state index contributed by atoms with van der Waals surface area (Å²) >= 11 is 9.47. The second-order valence-corrected chi connectivity index (χ2v) is 5.90. The van der Waals surface area contributed by atoms with E-state index in [1.54, 1.807) is 6.92 Å². The zero-order chi connectivity index (χ0) is 15.8. The monoisotopic (exact) mass is 380 g/mol. The summed E-state index contributed by atoms with van der Waals surface area (Å²) < 4.78 is 52.1. The molecule has 0 aliphatic carbocycles. The zero-order valence-electron chi connectivity index (χ0n) is 10.8. The molecular weight excluding hydrogens is 372 g/mol. The molecule has 0 aromatic heterocycles. The van der Waals surface area contributed by atoms with E-state index in [0.29, 0.717) is 15.6 Å². The van der Waals surface area contributed by atoms with Crippen LogP contribution in [0.15, 0.2) is 40.9 Å². The molecule has 2 rings (SSSR count). The molecule has 0 N–H and O–H groups in total. The molecule has 0 nitrogen and oxygen atoms in total. The van der Waals surface area contributed by atoms with Gasteiger partial charge in [0.1, 0.15) is 5.82 Å². The SMILES string of the molecule is Cc1cc(C(Cl)c2cc(C(F)(F)F)ccc2Br)ccc1F. The summed E-state index contributed by atoms with van der Waals surface area (Å²) in [6.45, 7) is 1.57. The number of hydrogen-bond donors (Lipinski definition) is 0. The Kier molecular flexibility index (Phi) is 4.63. The normalized spacial score (nSPS) is 13.3. The van der Waals surface area contributed by atoms with Crippen LogP contribution in [0.1, 0.15) is 27.6 Å². The molecule has 0 saturated carbocycles. The third-order valence-corrected chi connectivity index (χ3v) is 4.28. The van der Waals surface area contributed by atoms with E-state index in [2.05, 4.69) is 15.9 Å². The van der Waals surface area contributed by atoms with E-state index in [4.69, 9.17) is 11.6 Å². The molecule has 0 spiro atoms. The van der Waals surface area contributed by atoms with Crippen LogP contribution in [0.3, 0.4) is 0 Å². The van der Waals surface area contributed by atoms with Crippen molar-refractivity contribution in [3.8, 4) is 0 Å². The highest BCUT2D eigenvalue weighted by Gasteiger charge is 2.31. The number of hydrogen-bond acceptors (Lipinski definition) is 0. The summed E-state index contributed by atoms with van der Waals surface area (Å²) in [5.74, 6) is -0.384. The van der Waals surface area contributed by atoms with Crippen molar-refractivity contribution in [2.75, 3.05) is 0 Å². The van der Waals surface area contributed by atoms with Gasteiger partial charge in [0.25, 0.3) is 0 Å². The molecule has 2 aromatic rings. The van der Waals surface area contributed by atoms with Crippen LogP contribution in [-0.4, -0.2) is 0 Å². The van der Waals surface area contributed by atoms with Gasteiger partial charge < -0.3 is 0 Å². The van der Waals surface area contributed by atoms with Gasteiger partial charge in [0.15, 0.2) is 0 Å². The van der Waals surface area contributed by atoms with Crippen molar-refractivity contribution in [1.29, 1.82) is 0 Å². The van der Waals surface area contributed by atoms with Gasteiger partial charge in [-0.1, -0.05) is 28.1 Å². The Morgan fingerprint density at radius 3 is 2.33 bits per heavy atom. The molecular formula is C15H10BrClF4. The number of alkyl halides is 4. The first kappa shape index (κ1) is 16.3. The third kappa shape index (κ3) is 3.58. The van der Waals surface area contributed by atoms with Gasteiger partial charge in [-0.15, -0.1) is 11.6 Å². The molecule has 0 aliphatic heterocycles. The Morgan fingerprint density at radius 1 is 1.10 bits per heavy atom. The lowest BCUT2D eigenvalue weighted by Gasteiger charge is -2.16. The lowest BCUT2D eigenvalue weighted by atomic mass is 10.0. The second kappa shape index (κ2) is 5.97. The minimum Gasteiger partial charge on any atom is -0.207 e. The van der Waals surface area contributed by atoms with Crippen LogP contribution < -0.4 is 0 Å². The maximum Gasteiger partial charge on any atom is 0.416 e. The van der Waals surface area contributed by atoms with E-state index in [1.165, 1.54) is 24.3 Å². The number of rotatable bonds is 2. The largest absolute Gasteiger partial charge is 0.416 e. The Labute approximate surface area is 132 Å². The second-order valence-electron chi connectivity index (χ2n) is 4.61. The smallest absolute Gasteiger partial charge is 0.207 e. The molecule has 112 valence electrons. The van der Waals surface area contributed by atoms with Crippen molar-refractivity contribution < 1.29 is 17.6 Å². The fraction of sp³-hybridized carbons (Fsp3) is 0.200. The summed E-state index contributed by atoms with van der Waals surface area (Å²) in [6, 6.07) is 7.53. The van der Waals surface area contributed by atoms with Crippen molar-refractivity contribution in [2.45, 2.75) is 18.5 Å². The number of aryl methyl sites for hydroxylation is 1. The number of benzene rings is 2. The van der Waals surface area contributed by atoms with Gasteiger partial charge in [-0.05, 0) is 47.9 Å². The minimum absolute atomic E-state index is 0.289. The van der Waals surface area contributed by atoms with Gasteiger partial charge in [0.05, 0.1) is 10.9 Å². The predicted molar refractivity (Wildman–Crippen MR) is 78.0 cm³/mol. The van der Waals surface area contributed by atoms with E-state index >= 15 is 0 Å². The fourth-order valence-electron chi connectivity index (χ4n) is 1.92. The summed E-state index contributed by atoms with van der Waals surface area (Å²) in [4.78, 5) is 0. The molecule has 0 aliphatic rings. The van der Waals surface area contributed by atoms with E-state index in [1.807, 2.05) is 0 Å². The quantitative estimate of drug-likeness (QED) is 0.426. The molecule has 6 heteroatoms. The molecule has 0 saturated heterocycles. The summed E-state index contributed by atoms with van der Waals surface area (Å²) in [5, 5.41) is -0.805. The van der Waals surface area contributed by atoms with Crippen molar-refractivity contribution in [1.82, 2.24) is 0 Å². The van der Waals surface area contributed by atoms with E-state index < -0.39 is 17.1 Å². The van der Waals surface area contributed by atoms with E-state index in [9.17, 15) is 17.6 Å². The van der Waals surface area contributed by atoms with Gasteiger partial charge in [0.2, 0.25) is 0 Å². The first-order chi connectivity index (χ1) is 9.70. The molecule has 2 aromatic carbocycles. The van der Waals surface area contributed by atoms with Crippen molar-refractivity contribution in [3.63, 3.8) is 0 Å². The predicted octanol–water partition coefficient (Wildman–Crippen LogP) is 6.24. The van der Waals surface area contributed by atoms with Crippen LogP contribution in [0.5, 0.6) is 0 Å². The van der Waals surface area contributed by atoms with Crippen LogP contribution in [-0.2, 0) is 6.18 Å². The third-order valence-electron chi connectivity index (χ3n) is 3.07. The van der Waals surface area contributed by atoms with Crippen LogP contribution >= 0.6 is 27.5 Å². The van der Waals surface area contributed by atoms with Gasteiger partial charge >= 0.3 is 6.18 Å². The Balaban J connectivity index is 2.47. The standard InChI is InChI=1S/C15H10BrClF4/c1-8-6-9(2-5-13(8)18)14(17)11-7-10(15(19,20)21)3-4-12(11)16/h2-7,14H,1H3. The van der Waals surface area contributed by atoms with E-state index in [-0.39, 0.29) is 11.4 Å². The molecule has 0 radical (unpaired) electrons. The van der Waals surface area contributed by atoms with Crippen LogP contribution in [0.25, 0.3) is 0 Å². The molecule has 21 heavy (non-hydrogen) atoms. The van der Waals surface area contributed by atoms with Crippen molar-refractivity contribution >= 4 is 27.5 Å². The lowest BCUT2D eigenvalue weighted by Crippen LogP contribution is -2.06. The molecule has 1 atom stereocenters. The highest BCUT2D eigenvalue weighted by atomic mass is 79.9. The molecule has 0 amide bonds. The van der Waals surface area contributed by atoms with E-state index in [0.717, 1.165) is 12.1 Å². The highest BCUT2D eigenvalue weighted by Crippen LogP contribution is 2.38. The average Bonchev–Trinajstić information content (AvgIpc) is 2.40. The molecule has 0 heterocycles.